The third-order valence-corrected chi connectivity index (χ3v) is 6.59. The highest BCUT2D eigenvalue weighted by atomic mass is 32.2. The van der Waals surface area contributed by atoms with E-state index in [2.05, 4.69) is 15.0 Å². The third-order valence-electron chi connectivity index (χ3n) is 4.49. The standard InChI is InChI=1S/C21H23N3O5S2/c1-28-19-9-8-17(11-20(19)29-2)31(26,27)24-18(10-15-6-4-3-5-7-15)21(25)22-12-16-13-30-14-23-16/h3-9,11,13-14,18,24H,10,12H2,1-2H3,(H,22,25)/t18-/m0/s1. The third kappa shape index (κ3) is 6.03. The van der Waals surface area contributed by atoms with Gasteiger partial charge in [0.15, 0.2) is 11.5 Å². The van der Waals surface area contributed by atoms with Gasteiger partial charge in [-0.1, -0.05) is 30.3 Å². The van der Waals surface area contributed by atoms with E-state index < -0.39 is 22.0 Å². The van der Waals surface area contributed by atoms with Crippen LogP contribution in [0.25, 0.3) is 0 Å². The van der Waals surface area contributed by atoms with Crippen LogP contribution in [-0.2, 0) is 27.8 Å². The lowest BCUT2D eigenvalue weighted by atomic mass is 10.1. The van der Waals surface area contributed by atoms with Gasteiger partial charge >= 0.3 is 0 Å². The Morgan fingerprint density at radius 1 is 1.10 bits per heavy atom. The van der Waals surface area contributed by atoms with Gasteiger partial charge in [0.05, 0.1) is 36.9 Å². The smallest absolute Gasteiger partial charge is 0.241 e. The number of nitrogens with zero attached hydrogens (tertiary/aromatic N) is 1. The molecule has 0 spiro atoms. The van der Waals surface area contributed by atoms with Crippen molar-refractivity contribution in [1.29, 1.82) is 0 Å². The van der Waals surface area contributed by atoms with E-state index in [1.54, 1.807) is 5.51 Å². The molecule has 10 heteroatoms. The van der Waals surface area contributed by atoms with Crippen molar-refractivity contribution in [3.63, 3.8) is 0 Å². The predicted molar refractivity (Wildman–Crippen MR) is 118 cm³/mol. The Labute approximate surface area is 185 Å². The van der Waals surface area contributed by atoms with E-state index in [9.17, 15) is 13.2 Å². The van der Waals surface area contributed by atoms with Crippen LogP contribution in [0.5, 0.6) is 11.5 Å². The summed E-state index contributed by atoms with van der Waals surface area (Å²) in [5, 5.41) is 4.57. The SMILES string of the molecule is COc1ccc(S(=O)(=O)N[C@@H](Cc2ccccc2)C(=O)NCc2cscn2)cc1OC. The molecule has 3 aromatic rings. The Hall–Kier alpha value is -2.95. The van der Waals surface area contributed by atoms with Crippen molar-refractivity contribution < 1.29 is 22.7 Å². The molecular formula is C21H23N3O5S2. The Balaban J connectivity index is 1.83. The molecule has 0 saturated heterocycles. The fourth-order valence-electron chi connectivity index (χ4n) is 2.90. The summed E-state index contributed by atoms with van der Waals surface area (Å²) in [4.78, 5) is 17.0. The zero-order valence-corrected chi connectivity index (χ0v) is 18.7. The minimum atomic E-state index is -4.01. The summed E-state index contributed by atoms with van der Waals surface area (Å²) in [6.07, 6.45) is 0.191. The van der Waals surface area contributed by atoms with Gasteiger partial charge in [0.25, 0.3) is 0 Å². The fourth-order valence-corrected chi connectivity index (χ4v) is 4.67. The first kappa shape index (κ1) is 22.7. The number of benzene rings is 2. The van der Waals surface area contributed by atoms with E-state index in [1.165, 1.54) is 43.8 Å². The van der Waals surface area contributed by atoms with E-state index in [4.69, 9.17) is 9.47 Å². The lowest BCUT2D eigenvalue weighted by Gasteiger charge is -2.19. The second-order valence-electron chi connectivity index (χ2n) is 6.58. The van der Waals surface area contributed by atoms with Crippen LogP contribution in [-0.4, -0.2) is 39.6 Å². The quantitative estimate of drug-likeness (QED) is 0.480. The van der Waals surface area contributed by atoms with Gasteiger partial charge < -0.3 is 14.8 Å². The summed E-state index contributed by atoms with van der Waals surface area (Å²) in [7, 11) is -1.13. The molecule has 0 aliphatic carbocycles. The summed E-state index contributed by atoms with van der Waals surface area (Å²) < 4.78 is 39.0. The molecule has 0 aliphatic rings. The first-order valence-corrected chi connectivity index (χ1v) is 11.8. The van der Waals surface area contributed by atoms with Gasteiger partial charge in [-0.3, -0.25) is 4.79 Å². The van der Waals surface area contributed by atoms with Crippen LogP contribution in [0.4, 0.5) is 0 Å². The summed E-state index contributed by atoms with van der Waals surface area (Å²) in [6, 6.07) is 12.4. The first-order chi connectivity index (χ1) is 14.9. The second-order valence-corrected chi connectivity index (χ2v) is 9.01. The molecule has 164 valence electrons. The molecule has 2 aromatic carbocycles. The van der Waals surface area contributed by atoms with Crippen LogP contribution < -0.4 is 19.5 Å². The number of rotatable bonds is 10. The van der Waals surface area contributed by atoms with Crippen LogP contribution in [0.1, 0.15) is 11.3 Å². The first-order valence-electron chi connectivity index (χ1n) is 9.36. The average molecular weight is 462 g/mol. The molecule has 3 rings (SSSR count). The molecule has 0 aliphatic heterocycles. The maximum absolute atomic E-state index is 13.0. The number of sulfonamides is 1. The molecular weight excluding hydrogens is 438 g/mol. The lowest BCUT2D eigenvalue weighted by Crippen LogP contribution is -2.47. The summed E-state index contributed by atoms with van der Waals surface area (Å²) in [6.45, 7) is 0.214. The van der Waals surface area contributed by atoms with E-state index in [-0.39, 0.29) is 23.6 Å². The van der Waals surface area contributed by atoms with Gasteiger partial charge in [-0.05, 0) is 24.1 Å². The van der Waals surface area contributed by atoms with Crippen molar-refractivity contribution in [2.45, 2.75) is 23.9 Å². The van der Waals surface area contributed by atoms with E-state index in [0.717, 1.165) is 5.56 Å². The molecule has 1 atom stereocenters. The van der Waals surface area contributed by atoms with Gasteiger partial charge in [-0.15, -0.1) is 11.3 Å². The zero-order valence-electron chi connectivity index (χ0n) is 17.1. The van der Waals surface area contributed by atoms with E-state index in [1.807, 2.05) is 35.7 Å². The molecule has 31 heavy (non-hydrogen) atoms. The van der Waals surface area contributed by atoms with Crippen LogP contribution in [0.2, 0.25) is 0 Å². The molecule has 0 saturated carbocycles. The number of hydrogen-bond acceptors (Lipinski definition) is 7. The molecule has 0 fully saturated rings. The zero-order chi connectivity index (χ0) is 22.3. The summed E-state index contributed by atoms with van der Waals surface area (Å²) in [5.41, 5.74) is 3.20. The number of carbonyl (C=O) groups is 1. The second kappa shape index (κ2) is 10.4. The Morgan fingerprint density at radius 2 is 1.84 bits per heavy atom. The predicted octanol–water partition coefficient (Wildman–Crippen LogP) is 2.37. The highest BCUT2D eigenvalue weighted by Gasteiger charge is 2.27. The van der Waals surface area contributed by atoms with Crippen molar-refractivity contribution in [2.75, 3.05) is 14.2 Å². The number of methoxy groups -OCH3 is 2. The van der Waals surface area contributed by atoms with Gasteiger partial charge in [0.1, 0.15) is 6.04 Å². The van der Waals surface area contributed by atoms with Gasteiger partial charge in [0, 0.05) is 11.4 Å². The molecule has 0 bridgehead atoms. The fraction of sp³-hybridized carbons (Fsp3) is 0.238. The number of nitrogens with one attached hydrogen (secondary N) is 2. The topological polar surface area (TPSA) is 107 Å². The number of ether oxygens (including phenoxy) is 2. The van der Waals surface area contributed by atoms with Gasteiger partial charge in [-0.2, -0.15) is 4.72 Å². The number of aromatic nitrogens is 1. The lowest BCUT2D eigenvalue weighted by molar-refractivity contribution is -0.122. The van der Waals surface area contributed by atoms with Gasteiger partial charge in [0.2, 0.25) is 15.9 Å². The average Bonchev–Trinajstić information content (AvgIpc) is 3.30. The Morgan fingerprint density at radius 3 is 2.48 bits per heavy atom. The molecule has 0 unspecified atom stereocenters. The Kier molecular flexibility index (Phi) is 7.61. The highest BCUT2D eigenvalue weighted by Crippen LogP contribution is 2.29. The van der Waals surface area contributed by atoms with Crippen LogP contribution in [0, 0.1) is 0 Å². The largest absolute Gasteiger partial charge is 0.493 e. The molecule has 1 heterocycles. The minimum Gasteiger partial charge on any atom is -0.493 e. The van der Waals surface area contributed by atoms with Crippen molar-refractivity contribution in [3.05, 3.63) is 70.7 Å². The molecule has 2 N–H and O–H groups in total. The van der Waals surface area contributed by atoms with Crippen LogP contribution in [0.3, 0.4) is 0 Å². The van der Waals surface area contributed by atoms with Crippen molar-refractivity contribution >= 4 is 27.3 Å². The molecule has 0 radical (unpaired) electrons. The monoisotopic (exact) mass is 461 g/mol. The molecule has 1 amide bonds. The molecule has 8 nitrogen and oxygen atoms in total. The molecule has 1 aromatic heterocycles. The van der Waals surface area contributed by atoms with E-state index in [0.29, 0.717) is 11.4 Å². The van der Waals surface area contributed by atoms with Crippen LogP contribution >= 0.6 is 11.3 Å². The van der Waals surface area contributed by atoms with E-state index >= 15 is 0 Å². The number of hydrogen-bond donors (Lipinski definition) is 2. The number of amides is 1. The van der Waals surface area contributed by atoms with Crippen molar-refractivity contribution in [1.82, 2.24) is 15.0 Å². The van der Waals surface area contributed by atoms with Crippen molar-refractivity contribution in [2.24, 2.45) is 0 Å². The van der Waals surface area contributed by atoms with Gasteiger partial charge in [-0.25, -0.2) is 13.4 Å². The Bertz CT molecular complexity index is 1100. The maximum atomic E-state index is 13.0. The number of carbonyl (C=O) groups excluding carboxylic acids is 1. The summed E-state index contributed by atoms with van der Waals surface area (Å²) >= 11 is 1.42. The highest BCUT2D eigenvalue weighted by molar-refractivity contribution is 7.89. The van der Waals surface area contributed by atoms with Crippen molar-refractivity contribution in [3.8, 4) is 11.5 Å². The summed E-state index contributed by atoms with van der Waals surface area (Å²) in [5.74, 6) is 0.238. The normalized spacial score (nSPS) is 12.2. The minimum absolute atomic E-state index is 0.0319. The van der Waals surface area contributed by atoms with Crippen LogP contribution in [0.15, 0.2) is 64.3 Å². The number of thiazole rings is 1. The maximum Gasteiger partial charge on any atom is 0.241 e.